The summed E-state index contributed by atoms with van der Waals surface area (Å²) in [4.78, 5) is 4.84. The Kier molecular flexibility index (Phi) is 14.5. The van der Waals surface area contributed by atoms with E-state index >= 15 is 0 Å². The first kappa shape index (κ1) is 62.6. The van der Waals surface area contributed by atoms with Gasteiger partial charge < -0.3 is 27.5 Å². The number of nitrogens with zero attached hydrogens (tertiary/aromatic N) is 2. The number of rotatable bonds is 13. The molecule has 0 aliphatic rings. The molecule has 0 bridgehead atoms. The van der Waals surface area contributed by atoms with E-state index in [2.05, 4.69) is 386 Å². The van der Waals surface area contributed by atoms with Crippen molar-refractivity contribution < 1.29 is 17.7 Å². The maximum absolute atomic E-state index is 7.07. The Hall–Kier alpha value is -14.7. The van der Waals surface area contributed by atoms with Crippen LogP contribution in [0, 0.1) is 0 Å². The fraction of sp³-hybridized carbons (Fsp3) is 0. The lowest BCUT2D eigenvalue weighted by atomic mass is 9.94. The molecule has 0 saturated carbocycles. The van der Waals surface area contributed by atoms with Crippen LogP contribution in [-0.4, -0.2) is 0 Å². The molecule has 514 valence electrons. The smallest absolute Gasteiger partial charge is 0.143 e. The third kappa shape index (κ3) is 10.2. The van der Waals surface area contributed by atoms with Gasteiger partial charge in [-0.2, -0.15) is 0 Å². The van der Waals surface area contributed by atoms with Crippen molar-refractivity contribution in [1.29, 1.82) is 0 Å². The van der Waals surface area contributed by atoms with Crippen LogP contribution in [0.15, 0.2) is 406 Å². The minimum atomic E-state index is 0.823. The molecule has 0 saturated heterocycles. The second-order valence-corrected chi connectivity index (χ2v) is 28.4. The Morgan fingerprint density at radius 2 is 0.545 bits per heavy atom. The molecule has 0 amide bonds. The van der Waals surface area contributed by atoms with Crippen LogP contribution < -0.4 is 9.80 Å². The Morgan fingerprint density at radius 3 is 1.15 bits per heavy atom. The highest BCUT2D eigenvalue weighted by Gasteiger charge is 2.27. The van der Waals surface area contributed by atoms with Crippen molar-refractivity contribution in [3.05, 3.63) is 388 Å². The third-order valence-electron chi connectivity index (χ3n) is 22.3. The van der Waals surface area contributed by atoms with Gasteiger partial charge in [0.25, 0.3) is 0 Å². The minimum absolute atomic E-state index is 0.823. The predicted octanol–water partition coefficient (Wildman–Crippen LogP) is 30.2. The standard InChI is InChI=1S/C104H64N2O4/c1-3-23-66(24-4-1)75-28-9-14-39-90(75)105(92-41-16-11-31-81(92)84-36-21-45-96-100(84)88-61-51-68-27-7-8-30-78(68)103(88)108-96)73-55-47-65(48-56-73)70-52-60-83-86-38-19-35-79(102(86)110-98(83)64-70)71-53-59-80-72(63-71)54-62-89-101-85(37-22-46-97(101)109-104(80)89)82-32-12-17-42-93(82)106(91-40-15-10-29-76(91)67-25-5-2-6-26-67)74-57-49-69(50-58-74)77-34-20-44-95-99(77)87-33-13-18-43-94(87)107-95/h1-64H. The summed E-state index contributed by atoms with van der Waals surface area (Å²) in [5.41, 5.74) is 28.4. The Bertz CT molecular complexity index is 7410. The van der Waals surface area contributed by atoms with Gasteiger partial charge >= 0.3 is 0 Å². The van der Waals surface area contributed by atoms with Crippen molar-refractivity contribution in [2.24, 2.45) is 0 Å². The van der Waals surface area contributed by atoms with Crippen molar-refractivity contribution in [1.82, 2.24) is 0 Å². The van der Waals surface area contributed by atoms with Gasteiger partial charge in [-0.1, -0.05) is 279 Å². The van der Waals surface area contributed by atoms with Gasteiger partial charge in [0.15, 0.2) is 0 Å². The summed E-state index contributed by atoms with van der Waals surface area (Å²) in [7, 11) is 0. The van der Waals surface area contributed by atoms with Crippen LogP contribution in [0.25, 0.3) is 187 Å². The molecule has 0 atom stereocenters. The normalized spacial score (nSPS) is 11.8. The Balaban J connectivity index is 0.610. The van der Waals surface area contributed by atoms with Crippen molar-refractivity contribution in [3.8, 4) is 77.9 Å². The molecule has 110 heavy (non-hydrogen) atoms. The number of hydrogen-bond acceptors (Lipinski definition) is 6. The van der Waals surface area contributed by atoms with E-state index in [0.29, 0.717) is 0 Å². The Morgan fingerprint density at radius 1 is 0.164 bits per heavy atom. The first-order chi connectivity index (χ1) is 54.6. The van der Waals surface area contributed by atoms with E-state index in [1.807, 2.05) is 12.1 Å². The number of anilines is 6. The molecule has 0 fully saturated rings. The van der Waals surface area contributed by atoms with Crippen molar-refractivity contribution in [2.75, 3.05) is 9.80 Å². The van der Waals surface area contributed by atoms with Gasteiger partial charge in [-0.15, -0.1) is 0 Å². The average Bonchev–Trinajstić information content (AvgIpc) is 1.31. The van der Waals surface area contributed by atoms with Crippen molar-refractivity contribution in [2.45, 2.75) is 0 Å². The molecule has 18 aromatic carbocycles. The van der Waals surface area contributed by atoms with Gasteiger partial charge in [0, 0.05) is 93.1 Å². The maximum atomic E-state index is 7.07. The van der Waals surface area contributed by atoms with Gasteiger partial charge in [-0.25, -0.2) is 0 Å². The van der Waals surface area contributed by atoms with Gasteiger partial charge in [-0.05, 0) is 170 Å². The van der Waals surface area contributed by atoms with Crippen LogP contribution >= 0.6 is 0 Å². The molecule has 0 spiro atoms. The summed E-state index contributed by atoms with van der Waals surface area (Å²) in [5.74, 6) is 0. The van der Waals surface area contributed by atoms with E-state index in [1.165, 1.54) is 0 Å². The molecule has 22 rings (SSSR count). The summed E-state index contributed by atoms with van der Waals surface area (Å²) in [6, 6.07) is 139. The molecular weight excluding hydrogens is 1340 g/mol. The Labute approximate surface area is 633 Å². The summed E-state index contributed by atoms with van der Waals surface area (Å²) < 4.78 is 27.3. The second-order valence-electron chi connectivity index (χ2n) is 28.4. The van der Waals surface area contributed by atoms with Gasteiger partial charge in [0.05, 0.1) is 22.7 Å². The number of furan rings is 4. The molecule has 6 heteroatoms. The topological polar surface area (TPSA) is 59.0 Å². The fourth-order valence-corrected chi connectivity index (χ4v) is 17.3. The number of para-hydroxylation sites is 6. The minimum Gasteiger partial charge on any atom is -0.456 e. The van der Waals surface area contributed by atoms with Crippen LogP contribution in [0.2, 0.25) is 0 Å². The summed E-state index contributed by atoms with van der Waals surface area (Å²) >= 11 is 0. The summed E-state index contributed by atoms with van der Waals surface area (Å²) in [5, 5.41) is 13.0. The first-order valence-electron chi connectivity index (χ1n) is 37.4. The molecule has 4 heterocycles. The van der Waals surface area contributed by atoms with E-state index in [4.69, 9.17) is 17.7 Å². The van der Waals surface area contributed by atoms with Gasteiger partial charge in [-0.3, -0.25) is 0 Å². The molecule has 0 radical (unpaired) electrons. The lowest BCUT2D eigenvalue weighted by Gasteiger charge is -2.30. The SMILES string of the molecule is c1ccc(-c2ccccc2N(c2ccc(-c3ccc4c(c3)oc3c(-c5ccc6c(ccc7c6oc6cccc(-c8ccccc8N(c8ccc(-c9cccc%10oc%11ccccc%11c9%10)cc8)c8ccccc8-c8ccccc8)c67)c5)cccc34)cc2)c2ccccc2-c2cccc3oc4c5ccccc5ccc4c23)cc1. The molecule has 0 aliphatic carbocycles. The number of hydrogen-bond donors (Lipinski definition) is 0. The average molecular weight is 1410 g/mol. The van der Waals surface area contributed by atoms with E-state index in [9.17, 15) is 0 Å². The van der Waals surface area contributed by atoms with Gasteiger partial charge in [0.2, 0.25) is 0 Å². The molecule has 4 aromatic heterocycles. The summed E-state index contributed by atoms with van der Waals surface area (Å²) in [6.07, 6.45) is 0. The largest absolute Gasteiger partial charge is 0.456 e. The third-order valence-corrected chi connectivity index (χ3v) is 22.3. The monoisotopic (exact) mass is 1400 g/mol. The zero-order chi connectivity index (χ0) is 72.3. The quantitative estimate of drug-likeness (QED) is 0.115. The van der Waals surface area contributed by atoms with E-state index in [-0.39, 0.29) is 0 Å². The van der Waals surface area contributed by atoms with E-state index in [0.717, 1.165) is 221 Å². The molecule has 0 unspecified atom stereocenters. The maximum Gasteiger partial charge on any atom is 0.143 e. The van der Waals surface area contributed by atoms with E-state index in [1.54, 1.807) is 0 Å². The van der Waals surface area contributed by atoms with Crippen LogP contribution in [0.1, 0.15) is 0 Å². The molecular formula is C104H64N2O4. The number of benzene rings is 18. The molecule has 22 aromatic rings. The fourth-order valence-electron chi connectivity index (χ4n) is 17.3. The number of fused-ring (bicyclic) bond motifs is 16. The lowest BCUT2D eigenvalue weighted by molar-refractivity contribution is 0.669. The van der Waals surface area contributed by atoms with Crippen LogP contribution in [0.5, 0.6) is 0 Å². The highest BCUT2D eigenvalue weighted by Crippen LogP contribution is 2.52. The lowest BCUT2D eigenvalue weighted by Crippen LogP contribution is -2.12. The van der Waals surface area contributed by atoms with Crippen molar-refractivity contribution in [3.63, 3.8) is 0 Å². The predicted molar refractivity (Wildman–Crippen MR) is 458 cm³/mol. The van der Waals surface area contributed by atoms with Gasteiger partial charge in [0.1, 0.15) is 44.7 Å². The zero-order valence-electron chi connectivity index (χ0n) is 59.5. The van der Waals surface area contributed by atoms with Crippen LogP contribution in [0.4, 0.5) is 34.1 Å². The zero-order valence-corrected chi connectivity index (χ0v) is 59.5. The van der Waals surface area contributed by atoms with Crippen LogP contribution in [0.3, 0.4) is 0 Å². The highest BCUT2D eigenvalue weighted by molar-refractivity contribution is 6.22. The highest BCUT2D eigenvalue weighted by atomic mass is 16.3. The van der Waals surface area contributed by atoms with Crippen molar-refractivity contribution >= 4 is 143 Å². The first-order valence-corrected chi connectivity index (χ1v) is 37.4. The summed E-state index contributed by atoms with van der Waals surface area (Å²) in [6.45, 7) is 0. The molecule has 6 nitrogen and oxygen atoms in total. The second kappa shape index (κ2) is 25.5. The van der Waals surface area contributed by atoms with E-state index < -0.39 is 0 Å². The molecule has 0 aliphatic heterocycles. The molecule has 0 N–H and O–H groups in total. The van der Waals surface area contributed by atoms with Crippen LogP contribution in [-0.2, 0) is 0 Å².